The number of hydrogen-bond donors (Lipinski definition) is 0. The number of rotatable bonds is 3. The molecule has 3 aromatic carbocycles. The van der Waals surface area contributed by atoms with E-state index in [-0.39, 0.29) is 60.3 Å². The molecule has 3 nitrogen and oxygen atoms in total. The Labute approximate surface area is 330 Å². The van der Waals surface area contributed by atoms with E-state index in [0.717, 1.165) is 49.1 Å². The number of alkyl halides is 3. The second-order valence-electron chi connectivity index (χ2n) is 9.74. The minimum absolute atomic E-state index is 0. The van der Waals surface area contributed by atoms with Crippen LogP contribution in [0.5, 0.6) is 0 Å². The Hall–Kier alpha value is -3.23. The van der Waals surface area contributed by atoms with Gasteiger partial charge >= 0.3 is 6.18 Å². The molecule has 0 spiro atoms. The van der Waals surface area contributed by atoms with Crippen LogP contribution in [0.2, 0.25) is 0 Å². The van der Waals surface area contributed by atoms with Gasteiger partial charge in [0.2, 0.25) is 0 Å². The molecule has 253 valence electrons. The van der Waals surface area contributed by atoms with Crippen molar-refractivity contribution < 1.29 is 73.5 Å². The van der Waals surface area contributed by atoms with Gasteiger partial charge in [0.15, 0.2) is 0 Å². The van der Waals surface area contributed by atoms with Gasteiger partial charge in [-0.15, -0.1) is 83.1 Å². The quantitative estimate of drug-likeness (QED) is 0.166. The SMILES string of the molecule is FC(F)(F)c1ccc(-c2[c-]c3ccccc3s2)nc1.[Ir].[Ir].[Ir].[c-]1c(-c2ccccn2)sc2ccccc12.[c-]1ccccc1-c1ccccn1. The molecule has 11 heteroatoms. The van der Waals surface area contributed by atoms with Crippen molar-refractivity contribution in [3.8, 4) is 32.4 Å². The zero-order valence-electron chi connectivity index (χ0n) is 25.1. The van der Waals surface area contributed by atoms with Crippen molar-refractivity contribution in [1.29, 1.82) is 0 Å². The Balaban J connectivity index is 0.000000198. The number of aromatic nitrogens is 3. The number of thiophene rings is 2. The maximum atomic E-state index is 12.4. The van der Waals surface area contributed by atoms with E-state index >= 15 is 0 Å². The first-order valence-electron chi connectivity index (χ1n) is 14.1. The van der Waals surface area contributed by atoms with Gasteiger partial charge in [-0.05, 0) is 37.0 Å². The smallest absolute Gasteiger partial charge is 0.305 e. The third-order valence-corrected chi connectivity index (χ3v) is 8.75. The molecule has 5 heterocycles. The van der Waals surface area contributed by atoms with Crippen LogP contribution in [0.15, 0.2) is 140 Å². The van der Waals surface area contributed by atoms with Crippen LogP contribution < -0.4 is 0 Å². The second-order valence-corrected chi connectivity index (χ2v) is 11.8. The summed E-state index contributed by atoms with van der Waals surface area (Å²) in [5, 5.41) is 2.12. The number of nitrogens with zero attached hydrogens (tertiary/aromatic N) is 3. The Kier molecular flexibility index (Phi) is 15.8. The standard InChI is InChI=1S/C14H7F3NS.C13H8NS.C11H8N.3Ir/c15-14(16,17)10-5-6-11(18-8-10)13-7-9-3-1-2-4-12(9)19-13;1-2-7-12-10(5-1)9-13(15-12)11-6-3-4-8-14-11;1-2-6-10(7-3-1)11-8-4-5-9-12-11;;;/h1-6,8H;1-8H;1-6,8-9H;;;/q3*-1;;;. The average molecular weight is 1220 g/mol. The van der Waals surface area contributed by atoms with E-state index in [0.29, 0.717) is 5.69 Å². The van der Waals surface area contributed by atoms with Crippen LogP contribution in [-0.4, -0.2) is 15.0 Å². The zero-order chi connectivity index (χ0) is 31.8. The summed E-state index contributed by atoms with van der Waals surface area (Å²) in [7, 11) is 0. The summed E-state index contributed by atoms with van der Waals surface area (Å²) in [5.41, 5.74) is 2.78. The molecule has 3 radical (unpaired) electrons. The average Bonchev–Trinajstić information content (AvgIpc) is 3.75. The van der Waals surface area contributed by atoms with E-state index in [2.05, 4.69) is 51.4 Å². The van der Waals surface area contributed by atoms with E-state index in [4.69, 9.17) is 0 Å². The number of benzene rings is 3. The van der Waals surface area contributed by atoms with Gasteiger partial charge in [0.05, 0.1) is 5.56 Å². The molecule has 0 unspecified atom stereocenters. The van der Waals surface area contributed by atoms with Crippen molar-refractivity contribution in [3.05, 3.63) is 164 Å². The Morgan fingerprint density at radius 1 is 0.510 bits per heavy atom. The van der Waals surface area contributed by atoms with Crippen molar-refractivity contribution in [2.75, 3.05) is 0 Å². The van der Waals surface area contributed by atoms with Gasteiger partial charge in [-0.1, -0.05) is 60.7 Å². The van der Waals surface area contributed by atoms with Crippen molar-refractivity contribution in [2.24, 2.45) is 0 Å². The van der Waals surface area contributed by atoms with Gasteiger partial charge in [-0.25, -0.2) is 22.7 Å². The largest absolute Gasteiger partial charge is 0.417 e. The predicted octanol–water partition coefficient (Wildman–Crippen LogP) is 11.1. The molecule has 8 aromatic rings. The summed E-state index contributed by atoms with van der Waals surface area (Å²) >= 11 is 3.20. The van der Waals surface area contributed by atoms with Crippen LogP contribution in [0.1, 0.15) is 5.56 Å². The summed E-state index contributed by atoms with van der Waals surface area (Å²) in [6.45, 7) is 0. The molecule has 0 aliphatic carbocycles. The third-order valence-electron chi connectivity index (χ3n) is 6.57. The molecule has 5 aromatic heterocycles. The van der Waals surface area contributed by atoms with E-state index in [1.54, 1.807) is 17.5 Å². The van der Waals surface area contributed by atoms with Crippen LogP contribution in [0.25, 0.3) is 52.6 Å². The third kappa shape index (κ3) is 10.9. The molecule has 0 saturated heterocycles. The summed E-state index contributed by atoms with van der Waals surface area (Å²) in [5.74, 6) is 0. The summed E-state index contributed by atoms with van der Waals surface area (Å²) in [4.78, 5) is 14.3. The molecule has 0 saturated carbocycles. The first-order valence-corrected chi connectivity index (χ1v) is 15.7. The minimum Gasteiger partial charge on any atom is -0.305 e. The van der Waals surface area contributed by atoms with E-state index in [1.807, 2.05) is 97.2 Å². The van der Waals surface area contributed by atoms with Crippen molar-refractivity contribution in [2.45, 2.75) is 6.18 Å². The molecule has 0 fully saturated rings. The normalized spacial score (nSPS) is 10.3. The molecule has 0 amide bonds. The first-order chi connectivity index (χ1) is 22.4. The number of fused-ring (bicyclic) bond motifs is 2. The van der Waals surface area contributed by atoms with Crippen LogP contribution in [-0.2, 0) is 66.5 Å². The maximum absolute atomic E-state index is 12.4. The van der Waals surface area contributed by atoms with Gasteiger partial charge in [0, 0.05) is 90.3 Å². The summed E-state index contributed by atoms with van der Waals surface area (Å²) in [6, 6.07) is 47.7. The van der Waals surface area contributed by atoms with Crippen LogP contribution in [0.3, 0.4) is 0 Å². The first kappa shape index (κ1) is 40.2. The molecule has 0 atom stereocenters. The molecule has 49 heavy (non-hydrogen) atoms. The Morgan fingerprint density at radius 2 is 1.02 bits per heavy atom. The fourth-order valence-corrected chi connectivity index (χ4v) is 6.30. The number of hydrogen-bond acceptors (Lipinski definition) is 5. The van der Waals surface area contributed by atoms with E-state index in [9.17, 15) is 13.2 Å². The summed E-state index contributed by atoms with van der Waals surface area (Å²) in [6.07, 6.45) is 0.104. The maximum Gasteiger partial charge on any atom is 0.417 e. The number of pyridine rings is 3. The van der Waals surface area contributed by atoms with Gasteiger partial charge in [-0.2, -0.15) is 13.2 Å². The molecule has 0 aliphatic heterocycles. The van der Waals surface area contributed by atoms with Crippen molar-refractivity contribution in [1.82, 2.24) is 15.0 Å². The fourth-order valence-electron chi connectivity index (χ4n) is 4.33. The molecule has 0 bridgehead atoms. The predicted molar refractivity (Wildman–Crippen MR) is 181 cm³/mol. The zero-order valence-corrected chi connectivity index (χ0v) is 33.9. The summed E-state index contributed by atoms with van der Waals surface area (Å²) < 4.78 is 39.6. The fraction of sp³-hybridized carbons (Fsp3) is 0.0263. The molecular formula is C38H23F3Ir3N3S2-3. The Bertz CT molecular complexity index is 2040. The van der Waals surface area contributed by atoms with Gasteiger partial charge in [0.1, 0.15) is 0 Å². The molecule has 0 aliphatic rings. The molecule has 0 N–H and O–H groups in total. The van der Waals surface area contributed by atoms with Gasteiger partial charge in [0.25, 0.3) is 0 Å². The van der Waals surface area contributed by atoms with E-state index < -0.39 is 11.7 Å². The van der Waals surface area contributed by atoms with Gasteiger partial charge < -0.3 is 15.0 Å². The van der Waals surface area contributed by atoms with Crippen molar-refractivity contribution >= 4 is 42.8 Å². The monoisotopic (exact) mass is 1220 g/mol. The van der Waals surface area contributed by atoms with Crippen LogP contribution >= 0.6 is 22.7 Å². The molecule has 8 rings (SSSR count). The number of halogens is 3. The Morgan fingerprint density at radius 3 is 1.47 bits per heavy atom. The van der Waals surface area contributed by atoms with Crippen LogP contribution in [0.4, 0.5) is 13.2 Å². The molecular weight excluding hydrogens is 1200 g/mol. The second kappa shape index (κ2) is 19.2. The van der Waals surface area contributed by atoms with Gasteiger partial charge in [-0.3, -0.25) is 0 Å². The topological polar surface area (TPSA) is 38.7 Å². The van der Waals surface area contributed by atoms with Crippen molar-refractivity contribution in [3.63, 3.8) is 0 Å². The van der Waals surface area contributed by atoms with Crippen LogP contribution in [0, 0.1) is 18.2 Å². The van der Waals surface area contributed by atoms with E-state index in [1.165, 1.54) is 27.5 Å². The minimum atomic E-state index is -4.35.